The number of ether oxygens (including phenoxy) is 2. The van der Waals surface area contributed by atoms with Crippen molar-refractivity contribution >= 4 is 29.4 Å². The van der Waals surface area contributed by atoms with Crippen molar-refractivity contribution in [2.45, 2.75) is 44.9 Å². The Bertz CT molecular complexity index is 737. The normalized spacial score (nSPS) is 26.0. The third-order valence-electron chi connectivity index (χ3n) is 4.93. The van der Waals surface area contributed by atoms with Crippen molar-refractivity contribution in [2.75, 3.05) is 6.61 Å². The van der Waals surface area contributed by atoms with Gasteiger partial charge in [0.1, 0.15) is 18.8 Å². The fraction of sp³-hybridized carbons (Fsp3) is 0.450. The molecule has 0 bridgehead atoms. The van der Waals surface area contributed by atoms with Gasteiger partial charge < -0.3 is 14.8 Å². The van der Waals surface area contributed by atoms with Crippen LogP contribution in [0, 0.1) is 5.92 Å². The van der Waals surface area contributed by atoms with Crippen LogP contribution < -0.4 is 5.32 Å². The molecule has 2 saturated heterocycles. The molecule has 27 heavy (non-hydrogen) atoms. The van der Waals surface area contributed by atoms with Gasteiger partial charge in [0.25, 0.3) is 11.1 Å². The first-order chi connectivity index (χ1) is 13.0. The maximum absolute atomic E-state index is 13.2. The van der Waals surface area contributed by atoms with Crippen LogP contribution in [-0.4, -0.2) is 46.9 Å². The molecule has 1 N–H and O–H groups in total. The maximum atomic E-state index is 13.2. The van der Waals surface area contributed by atoms with Gasteiger partial charge >= 0.3 is 6.09 Å². The van der Waals surface area contributed by atoms with Gasteiger partial charge in [0.2, 0.25) is 0 Å². The van der Waals surface area contributed by atoms with Crippen LogP contribution in [-0.2, 0) is 20.7 Å². The number of hydrogen-bond donors (Lipinski definition) is 1. The lowest BCUT2D eigenvalue weighted by Crippen LogP contribution is -2.53. The molecule has 2 fully saturated rings. The molecule has 1 aromatic carbocycles. The Morgan fingerprint density at radius 2 is 2.15 bits per heavy atom. The number of hydrogen-bond acceptors (Lipinski definition) is 5. The number of carbonyl (C=O) groups is 2. The lowest BCUT2D eigenvalue weighted by Gasteiger charge is -2.27. The maximum Gasteiger partial charge on any atom is 0.417 e. The van der Waals surface area contributed by atoms with E-state index in [1.165, 1.54) is 4.90 Å². The molecule has 0 unspecified atom stereocenters. The molecule has 4 atom stereocenters. The average Bonchev–Trinajstić information content (AvgIpc) is 3.23. The molecule has 0 saturated carbocycles. The minimum absolute atomic E-state index is 0.0642. The van der Waals surface area contributed by atoms with Crippen molar-refractivity contribution in [3.63, 3.8) is 0 Å². The highest BCUT2D eigenvalue weighted by Crippen LogP contribution is 2.26. The number of benzene rings is 1. The summed E-state index contributed by atoms with van der Waals surface area (Å²) >= 11 is 5.12. The zero-order valence-corrected chi connectivity index (χ0v) is 16.3. The van der Waals surface area contributed by atoms with Gasteiger partial charge in [-0.3, -0.25) is 4.79 Å². The molecule has 1 aromatic rings. The third-order valence-corrected chi connectivity index (χ3v) is 5.14. The van der Waals surface area contributed by atoms with E-state index in [4.69, 9.17) is 21.7 Å². The Balaban J connectivity index is 1.76. The summed E-state index contributed by atoms with van der Waals surface area (Å²) in [6.45, 7) is 4.14. The highest BCUT2D eigenvalue weighted by atomic mass is 32.1. The predicted molar refractivity (Wildman–Crippen MR) is 105 cm³/mol. The van der Waals surface area contributed by atoms with E-state index >= 15 is 0 Å². The number of amides is 2. The molecule has 2 heterocycles. The summed E-state index contributed by atoms with van der Waals surface area (Å²) in [4.78, 5) is 26.7. The van der Waals surface area contributed by atoms with Crippen LogP contribution in [0.2, 0.25) is 0 Å². The fourth-order valence-electron chi connectivity index (χ4n) is 3.48. The van der Waals surface area contributed by atoms with Crippen LogP contribution in [0.3, 0.4) is 0 Å². The van der Waals surface area contributed by atoms with E-state index in [0.717, 1.165) is 12.0 Å². The summed E-state index contributed by atoms with van der Waals surface area (Å²) in [5.41, 5.74) is 1.04. The van der Waals surface area contributed by atoms with Crippen molar-refractivity contribution in [3.8, 4) is 0 Å². The Morgan fingerprint density at radius 3 is 2.85 bits per heavy atom. The minimum Gasteiger partial charge on any atom is -0.465 e. The first-order valence-corrected chi connectivity index (χ1v) is 9.54. The van der Waals surface area contributed by atoms with Gasteiger partial charge in [0.15, 0.2) is 0 Å². The molecule has 6 nitrogen and oxygen atoms in total. The van der Waals surface area contributed by atoms with Gasteiger partial charge in [-0.15, -0.1) is 0 Å². The zero-order valence-electron chi connectivity index (χ0n) is 15.5. The number of imide groups is 1. The van der Waals surface area contributed by atoms with Gasteiger partial charge in [-0.05, 0) is 43.5 Å². The molecule has 0 spiro atoms. The summed E-state index contributed by atoms with van der Waals surface area (Å²) in [5, 5.41) is 3.12. The lowest BCUT2D eigenvalue weighted by molar-refractivity contribution is -0.132. The fourth-order valence-corrected chi connectivity index (χ4v) is 3.72. The van der Waals surface area contributed by atoms with Crippen LogP contribution in [0.15, 0.2) is 42.5 Å². The second-order valence-corrected chi connectivity index (χ2v) is 7.27. The molecule has 0 aromatic heterocycles. The van der Waals surface area contributed by atoms with E-state index < -0.39 is 18.2 Å². The topological polar surface area (TPSA) is 67.9 Å². The van der Waals surface area contributed by atoms with Crippen molar-refractivity contribution in [3.05, 3.63) is 48.0 Å². The van der Waals surface area contributed by atoms with Crippen molar-refractivity contribution in [1.29, 1.82) is 0 Å². The molecule has 2 aliphatic rings. The second-order valence-electron chi connectivity index (χ2n) is 6.90. The van der Waals surface area contributed by atoms with Crippen molar-refractivity contribution in [1.82, 2.24) is 10.2 Å². The monoisotopic (exact) mass is 388 g/mol. The van der Waals surface area contributed by atoms with Crippen LogP contribution in [0.25, 0.3) is 0 Å². The summed E-state index contributed by atoms with van der Waals surface area (Å²) in [5.74, 6) is -0.287. The molecular weight excluding hydrogens is 364 g/mol. The van der Waals surface area contributed by atoms with Gasteiger partial charge in [0.05, 0.1) is 6.04 Å². The van der Waals surface area contributed by atoms with E-state index in [2.05, 4.69) is 5.32 Å². The van der Waals surface area contributed by atoms with E-state index in [9.17, 15) is 9.59 Å². The Hall–Kier alpha value is -2.41. The van der Waals surface area contributed by atoms with Gasteiger partial charge in [-0.2, -0.15) is 0 Å². The summed E-state index contributed by atoms with van der Waals surface area (Å²) in [6.07, 6.45) is 4.26. The molecule has 7 heteroatoms. The van der Waals surface area contributed by atoms with Gasteiger partial charge in [-0.25, -0.2) is 9.69 Å². The van der Waals surface area contributed by atoms with E-state index in [1.54, 1.807) is 0 Å². The number of carbonyl (C=O) groups excluding carboxylic acids is 2. The molecule has 2 aliphatic heterocycles. The highest BCUT2D eigenvalue weighted by molar-refractivity contribution is 7.80. The SMILES string of the molecule is C/C=C/C[C@H](C)[C@H]1OC(=S)N[C@@H]1C(=O)N1C(=O)OC[C@@H]1Cc1ccccc1. The minimum atomic E-state index is -0.693. The highest BCUT2D eigenvalue weighted by Gasteiger charge is 2.47. The van der Waals surface area contributed by atoms with Crippen molar-refractivity contribution < 1.29 is 19.1 Å². The summed E-state index contributed by atoms with van der Waals surface area (Å²) in [7, 11) is 0. The molecule has 144 valence electrons. The van der Waals surface area contributed by atoms with Crippen molar-refractivity contribution in [2.24, 2.45) is 5.92 Å². The second kappa shape index (κ2) is 8.52. The Kier molecular flexibility index (Phi) is 6.11. The molecule has 0 radical (unpaired) electrons. The number of nitrogens with zero attached hydrogens (tertiary/aromatic N) is 1. The Labute approximate surface area is 164 Å². The molecule has 3 rings (SSSR count). The predicted octanol–water partition coefficient (Wildman–Crippen LogP) is 2.82. The van der Waals surface area contributed by atoms with Crippen LogP contribution in [0.1, 0.15) is 25.8 Å². The number of allylic oxidation sites excluding steroid dienone is 2. The smallest absolute Gasteiger partial charge is 0.417 e. The standard InChI is InChI=1S/C20H24N2O4S/c1-3-4-8-13(2)17-16(21-19(27)26-17)18(23)22-15(12-25-20(22)24)11-14-9-6-5-7-10-14/h3-7,9-10,13,15-17H,8,11-12H2,1-2H3,(H,21,27)/b4-3+/t13-,15-,16-,17+/m0/s1. The van der Waals surface area contributed by atoms with Crippen LogP contribution in [0.5, 0.6) is 0 Å². The zero-order chi connectivity index (χ0) is 19.4. The lowest BCUT2D eigenvalue weighted by atomic mass is 9.94. The quantitative estimate of drug-likeness (QED) is 0.597. The van der Waals surface area contributed by atoms with E-state index in [-0.39, 0.29) is 29.6 Å². The number of nitrogens with one attached hydrogen (secondary N) is 1. The molecular formula is C20H24N2O4S. The van der Waals surface area contributed by atoms with E-state index in [0.29, 0.717) is 6.42 Å². The summed E-state index contributed by atoms with van der Waals surface area (Å²) in [6, 6.07) is 8.71. The van der Waals surface area contributed by atoms with Crippen LogP contribution in [0.4, 0.5) is 4.79 Å². The molecule has 0 aliphatic carbocycles. The number of thiocarbonyl (C=S) groups is 1. The summed E-state index contributed by atoms with van der Waals surface area (Å²) < 4.78 is 10.9. The van der Waals surface area contributed by atoms with Gasteiger partial charge in [-0.1, -0.05) is 49.4 Å². The first kappa shape index (κ1) is 19.4. The van der Waals surface area contributed by atoms with E-state index in [1.807, 2.05) is 56.3 Å². The Morgan fingerprint density at radius 1 is 1.41 bits per heavy atom. The number of cyclic esters (lactones) is 1. The average molecular weight is 388 g/mol. The van der Waals surface area contributed by atoms with Gasteiger partial charge in [0, 0.05) is 0 Å². The third kappa shape index (κ3) is 4.30. The largest absolute Gasteiger partial charge is 0.465 e. The number of rotatable bonds is 6. The van der Waals surface area contributed by atoms with Crippen LogP contribution >= 0.6 is 12.2 Å². The molecule has 2 amide bonds. The first-order valence-electron chi connectivity index (χ1n) is 9.13.